The van der Waals surface area contributed by atoms with Crippen LogP contribution in [0.4, 0.5) is 4.39 Å². The van der Waals surface area contributed by atoms with Crippen LogP contribution >= 0.6 is 27.7 Å². The summed E-state index contributed by atoms with van der Waals surface area (Å²) in [5.74, 6) is -0.223. The van der Waals surface area contributed by atoms with Crippen LogP contribution in [0.5, 0.6) is 0 Å². The molecule has 0 amide bonds. The Kier molecular flexibility index (Phi) is 4.20. The smallest absolute Gasteiger partial charge is 0.124 e. The zero-order valence-corrected chi connectivity index (χ0v) is 11.4. The highest BCUT2D eigenvalue weighted by molar-refractivity contribution is 9.10. The summed E-state index contributed by atoms with van der Waals surface area (Å²) in [7, 11) is 0. The van der Waals surface area contributed by atoms with E-state index in [4.69, 9.17) is 5.73 Å². The second-order valence-corrected chi connectivity index (χ2v) is 5.45. The van der Waals surface area contributed by atoms with E-state index in [-0.39, 0.29) is 5.82 Å². The number of hydrogen-bond donors (Lipinski definition) is 1. The molecule has 2 rings (SSSR count). The van der Waals surface area contributed by atoms with E-state index >= 15 is 0 Å². The Balaban J connectivity index is 2.33. The summed E-state index contributed by atoms with van der Waals surface area (Å²) >= 11 is 4.98. The van der Waals surface area contributed by atoms with Crippen molar-refractivity contribution in [2.75, 3.05) is 0 Å². The minimum Gasteiger partial charge on any atom is -0.326 e. The molecule has 4 heteroatoms. The first-order chi connectivity index (χ1) is 8.20. The number of benzene rings is 2. The van der Waals surface area contributed by atoms with Crippen LogP contribution in [-0.2, 0) is 6.54 Å². The van der Waals surface area contributed by atoms with Gasteiger partial charge in [-0.3, -0.25) is 0 Å². The van der Waals surface area contributed by atoms with E-state index in [9.17, 15) is 4.39 Å². The molecule has 0 aliphatic rings. The van der Waals surface area contributed by atoms with Gasteiger partial charge in [-0.15, -0.1) is 0 Å². The van der Waals surface area contributed by atoms with Gasteiger partial charge in [-0.05, 0) is 35.9 Å². The summed E-state index contributed by atoms with van der Waals surface area (Å²) in [6.45, 7) is 0.457. The third kappa shape index (κ3) is 3.09. The SMILES string of the molecule is NCc1c(Br)cccc1Sc1cccc(F)c1. The molecular formula is C13H11BrFNS. The zero-order chi connectivity index (χ0) is 12.3. The summed E-state index contributed by atoms with van der Waals surface area (Å²) in [6, 6.07) is 12.4. The van der Waals surface area contributed by atoms with Gasteiger partial charge in [0.2, 0.25) is 0 Å². The zero-order valence-electron chi connectivity index (χ0n) is 8.99. The van der Waals surface area contributed by atoms with Crippen LogP contribution in [0.3, 0.4) is 0 Å². The molecule has 0 saturated carbocycles. The molecule has 0 aliphatic heterocycles. The van der Waals surface area contributed by atoms with Crippen LogP contribution in [0.25, 0.3) is 0 Å². The summed E-state index contributed by atoms with van der Waals surface area (Å²) < 4.78 is 14.1. The standard InChI is InChI=1S/C13H11BrFNS/c14-12-5-2-6-13(11(12)8-16)17-10-4-1-3-9(15)7-10/h1-7H,8,16H2. The average Bonchev–Trinajstić information content (AvgIpc) is 2.29. The molecule has 0 spiro atoms. The molecule has 2 N–H and O–H groups in total. The van der Waals surface area contributed by atoms with Crippen molar-refractivity contribution in [1.29, 1.82) is 0 Å². The second kappa shape index (κ2) is 5.67. The molecule has 0 heterocycles. The molecule has 1 nitrogen and oxygen atoms in total. The highest BCUT2D eigenvalue weighted by atomic mass is 79.9. The highest BCUT2D eigenvalue weighted by Crippen LogP contribution is 2.33. The van der Waals surface area contributed by atoms with Crippen molar-refractivity contribution in [3.05, 3.63) is 58.3 Å². The van der Waals surface area contributed by atoms with Gasteiger partial charge in [-0.2, -0.15) is 0 Å². The molecule has 17 heavy (non-hydrogen) atoms. The highest BCUT2D eigenvalue weighted by Gasteiger charge is 2.06. The van der Waals surface area contributed by atoms with Crippen molar-refractivity contribution in [2.45, 2.75) is 16.3 Å². The maximum absolute atomic E-state index is 13.1. The predicted octanol–water partition coefficient (Wildman–Crippen LogP) is 4.20. The Bertz CT molecular complexity index is 531. The Morgan fingerprint density at radius 3 is 2.65 bits per heavy atom. The van der Waals surface area contributed by atoms with Gasteiger partial charge >= 0.3 is 0 Å². The van der Waals surface area contributed by atoms with Gasteiger partial charge in [0.1, 0.15) is 5.82 Å². The van der Waals surface area contributed by atoms with Gasteiger partial charge in [-0.1, -0.05) is 39.8 Å². The molecule has 2 aromatic carbocycles. The van der Waals surface area contributed by atoms with Crippen molar-refractivity contribution in [3.63, 3.8) is 0 Å². The number of rotatable bonds is 3. The van der Waals surface area contributed by atoms with Crippen LogP contribution in [0.15, 0.2) is 56.7 Å². The molecule has 2 aromatic rings. The Morgan fingerprint density at radius 2 is 1.94 bits per heavy atom. The maximum atomic E-state index is 13.1. The largest absolute Gasteiger partial charge is 0.326 e. The van der Waals surface area contributed by atoms with Crippen molar-refractivity contribution >= 4 is 27.7 Å². The Morgan fingerprint density at radius 1 is 1.18 bits per heavy atom. The normalized spacial score (nSPS) is 10.5. The fourth-order valence-electron chi connectivity index (χ4n) is 1.49. The van der Waals surface area contributed by atoms with E-state index in [2.05, 4.69) is 15.9 Å². The van der Waals surface area contributed by atoms with E-state index in [0.717, 1.165) is 19.8 Å². The molecule has 0 aromatic heterocycles. The average molecular weight is 312 g/mol. The number of halogens is 2. The molecule has 88 valence electrons. The lowest BCUT2D eigenvalue weighted by Gasteiger charge is -2.09. The molecule has 0 radical (unpaired) electrons. The van der Waals surface area contributed by atoms with Gasteiger partial charge in [-0.25, -0.2) is 4.39 Å². The van der Waals surface area contributed by atoms with Crippen molar-refractivity contribution in [1.82, 2.24) is 0 Å². The van der Waals surface area contributed by atoms with Crippen LogP contribution in [0.2, 0.25) is 0 Å². The van der Waals surface area contributed by atoms with Crippen LogP contribution in [0.1, 0.15) is 5.56 Å². The quantitative estimate of drug-likeness (QED) is 0.919. The van der Waals surface area contributed by atoms with Crippen molar-refractivity contribution in [2.24, 2.45) is 5.73 Å². The minimum atomic E-state index is -0.223. The second-order valence-electron chi connectivity index (χ2n) is 3.48. The van der Waals surface area contributed by atoms with Gasteiger partial charge < -0.3 is 5.73 Å². The monoisotopic (exact) mass is 311 g/mol. The van der Waals surface area contributed by atoms with Gasteiger partial charge in [0.15, 0.2) is 0 Å². The molecule has 0 unspecified atom stereocenters. The summed E-state index contributed by atoms with van der Waals surface area (Å²) in [5.41, 5.74) is 6.76. The van der Waals surface area contributed by atoms with Gasteiger partial charge in [0, 0.05) is 20.8 Å². The third-order valence-electron chi connectivity index (χ3n) is 2.30. The fraction of sp³-hybridized carbons (Fsp3) is 0.0769. The Hall–Kier alpha value is -0.840. The van der Waals surface area contributed by atoms with Crippen LogP contribution in [0, 0.1) is 5.82 Å². The molecule has 0 saturated heterocycles. The summed E-state index contributed by atoms with van der Waals surface area (Å²) in [6.07, 6.45) is 0. The maximum Gasteiger partial charge on any atom is 0.124 e. The van der Waals surface area contributed by atoms with Crippen LogP contribution in [-0.4, -0.2) is 0 Å². The summed E-state index contributed by atoms with van der Waals surface area (Å²) in [4.78, 5) is 1.92. The van der Waals surface area contributed by atoms with Crippen LogP contribution < -0.4 is 5.73 Å². The van der Waals surface area contributed by atoms with Crippen molar-refractivity contribution < 1.29 is 4.39 Å². The fourth-order valence-corrected chi connectivity index (χ4v) is 3.18. The minimum absolute atomic E-state index is 0.223. The van der Waals surface area contributed by atoms with Gasteiger partial charge in [0.25, 0.3) is 0 Å². The molecule has 0 aliphatic carbocycles. The molecule has 0 atom stereocenters. The predicted molar refractivity (Wildman–Crippen MR) is 72.6 cm³/mol. The lowest BCUT2D eigenvalue weighted by Crippen LogP contribution is -1.99. The van der Waals surface area contributed by atoms with E-state index < -0.39 is 0 Å². The van der Waals surface area contributed by atoms with E-state index in [0.29, 0.717) is 6.54 Å². The molecule has 0 fully saturated rings. The first-order valence-electron chi connectivity index (χ1n) is 5.11. The first kappa shape index (κ1) is 12.6. The van der Waals surface area contributed by atoms with E-state index in [1.807, 2.05) is 24.3 Å². The van der Waals surface area contributed by atoms with E-state index in [1.165, 1.54) is 23.9 Å². The van der Waals surface area contributed by atoms with E-state index in [1.54, 1.807) is 6.07 Å². The Labute approximate surface area is 112 Å². The molecule has 0 bridgehead atoms. The number of hydrogen-bond acceptors (Lipinski definition) is 2. The lowest BCUT2D eigenvalue weighted by atomic mass is 10.2. The first-order valence-corrected chi connectivity index (χ1v) is 6.72. The van der Waals surface area contributed by atoms with Gasteiger partial charge in [0.05, 0.1) is 0 Å². The lowest BCUT2D eigenvalue weighted by molar-refractivity contribution is 0.624. The number of nitrogens with two attached hydrogens (primary N) is 1. The molecular weight excluding hydrogens is 301 g/mol. The van der Waals surface area contributed by atoms with Crippen molar-refractivity contribution in [3.8, 4) is 0 Å². The summed E-state index contributed by atoms with van der Waals surface area (Å²) in [5, 5.41) is 0. The topological polar surface area (TPSA) is 26.0 Å². The third-order valence-corrected chi connectivity index (χ3v) is 4.14.